The molecular formula is C108H94N7NaO11S. The predicted octanol–water partition coefficient (Wildman–Crippen LogP) is 22.6. The molecule has 14 aromatic carbocycles. The van der Waals surface area contributed by atoms with Crippen molar-refractivity contribution in [2.45, 2.75) is 50.1 Å². The Hall–Kier alpha value is -13.9. The smallest absolute Gasteiger partial charge is 0.748 e. The van der Waals surface area contributed by atoms with Crippen molar-refractivity contribution < 1.29 is 80.4 Å². The molecule has 0 saturated heterocycles. The van der Waals surface area contributed by atoms with Gasteiger partial charge in [-0.25, -0.2) is 8.42 Å². The van der Waals surface area contributed by atoms with Gasteiger partial charge in [0.1, 0.15) is 40.2 Å². The third-order valence-corrected chi connectivity index (χ3v) is 26.0. The molecule has 0 radical (unpaired) electrons. The van der Waals surface area contributed by atoms with Gasteiger partial charge in [-0.3, -0.25) is 0 Å². The zero-order valence-electron chi connectivity index (χ0n) is 72.9. The van der Waals surface area contributed by atoms with Crippen molar-refractivity contribution in [2.24, 2.45) is 0 Å². The van der Waals surface area contributed by atoms with Gasteiger partial charge in [0.2, 0.25) is 0 Å². The Morgan fingerprint density at radius 1 is 0.367 bits per heavy atom. The molecule has 16 aromatic rings. The van der Waals surface area contributed by atoms with E-state index < -0.39 is 15.4 Å². The van der Waals surface area contributed by atoms with Gasteiger partial charge in [0.15, 0.2) is 0 Å². The number of hydrogen-bond donors (Lipinski definition) is 0. The number of anilines is 12. The van der Waals surface area contributed by atoms with Crippen LogP contribution in [0.3, 0.4) is 0 Å². The zero-order chi connectivity index (χ0) is 87.1. The molecule has 2 aliphatic carbocycles. The summed E-state index contributed by atoms with van der Waals surface area (Å²) in [5.41, 5.74) is 24.8. The minimum Gasteiger partial charge on any atom is -0.748 e. The third kappa shape index (κ3) is 16.3. The van der Waals surface area contributed by atoms with Gasteiger partial charge >= 0.3 is 29.6 Å². The molecule has 0 bridgehead atoms. The van der Waals surface area contributed by atoms with Crippen LogP contribution in [0.25, 0.3) is 77.1 Å². The second kappa shape index (κ2) is 36.2. The van der Waals surface area contributed by atoms with Crippen molar-refractivity contribution in [2.75, 3.05) is 81.4 Å². The molecule has 1 aliphatic heterocycles. The second-order valence-corrected chi connectivity index (χ2v) is 33.6. The Bertz CT molecular complexity index is 6900. The van der Waals surface area contributed by atoms with Gasteiger partial charge in [0, 0.05) is 142 Å². The molecule has 0 amide bonds. The normalized spacial score (nSPS) is 14.3. The zero-order valence-corrected chi connectivity index (χ0v) is 75.7. The fourth-order valence-electron chi connectivity index (χ4n) is 18.1. The van der Waals surface area contributed by atoms with Crippen molar-refractivity contribution >= 4 is 128 Å². The summed E-state index contributed by atoms with van der Waals surface area (Å²) in [6, 6.07) is 108. The van der Waals surface area contributed by atoms with E-state index in [0.29, 0.717) is 6.42 Å². The predicted molar refractivity (Wildman–Crippen MR) is 513 cm³/mol. The Morgan fingerprint density at radius 2 is 0.719 bits per heavy atom. The van der Waals surface area contributed by atoms with Crippen LogP contribution >= 0.6 is 0 Å². The number of methoxy groups -OCH3 is 8. The van der Waals surface area contributed by atoms with Crippen molar-refractivity contribution in [1.82, 2.24) is 9.13 Å². The standard InChI is InChI=1S/C108H95N7O11S.Na/c1-70(127(116,117)118)62-63-109-107-64-73(71-10-16-83(17-11-71)114-103-58-36-85(110(75-20-40-89(119-2)41-21-75)76-22-42-90(120-3)43-23-76)66-99(103)100-67-86(37-59-104(100)114)111(77-24-44-91(121-4)45-25-77)78-26-46-92(122-5)47-27-78)14-56-97(107)98-57-15-74(65-108(98)109)72-12-18-84(19-13-72)115-105-60-38-87(112(79-28-48-93(123-6)49-29-79)80-30-50-94(124-7)51-31-80)68-101(105)102-69-88(39-61-106(102)115)113(81-32-52-95(125-8)53-33-81)82-34-54-96(126-9)55-35-82;/h10-54,56-58,60-61,64-70,96,104H,55,59,62-63H2,1-9H3,(H,116,117,118);/q;+1/p-1. The number of aryl methyl sites for hydroxylation is 1. The van der Waals surface area contributed by atoms with Crippen LogP contribution in [0.15, 0.2) is 351 Å². The van der Waals surface area contributed by atoms with Crippen molar-refractivity contribution in [3.63, 3.8) is 0 Å². The number of allylic oxidation sites excluding steroid dienone is 2. The number of ether oxygens (including phenoxy) is 8. The molecule has 128 heavy (non-hydrogen) atoms. The van der Waals surface area contributed by atoms with E-state index in [1.165, 1.54) is 12.5 Å². The van der Waals surface area contributed by atoms with E-state index in [2.05, 4.69) is 288 Å². The quantitative estimate of drug-likeness (QED) is 0.0337. The molecule has 19 rings (SSSR count). The van der Waals surface area contributed by atoms with Crippen LogP contribution in [0.2, 0.25) is 0 Å². The summed E-state index contributed by atoms with van der Waals surface area (Å²) in [6.07, 6.45) is 12.7. The molecule has 3 atom stereocenters. The van der Waals surface area contributed by atoms with E-state index in [1.807, 2.05) is 84.9 Å². The fourth-order valence-corrected chi connectivity index (χ4v) is 18.5. The number of aromatic nitrogens is 2. The van der Waals surface area contributed by atoms with Crippen LogP contribution in [0.1, 0.15) is 31.7 Å². The van der Waals surface area contributed by atoms with Gasteiger partial charge in [0.05, 0.1) is 83.1 Å². The fraction of sp³-hybridized carbons (Fsp3) is 0.148. The van der Waals surface area contributed by atoms with Crippen LogP contribution in [-0.2, 0) is 21.4 Å². The maximum Gasteiger partial charge on any atom is 1.00 e. The first-order valence-electron chi connectivity index (χ1n) is 42.3. The summed E-state index contributed by atoms with van der Waals surface area (Å²) < 4.78 is 88.2. The first-order chi connectivity index (χ1) is 62.1. The average molecular weight is 1720 g/mol. The van der Waals surface area contributed by atoms with Gasteiger partial charge in [-0.1, -0.05) is 66.8 Å². The summed E-state index contributed by atoms with van der Waals surface area (Å²) in [6.45, 7) is 1.79. The first-order valence-corrected chi connectivity index (χ1v) is 43.8. The molecule has 0 saturated carbocycles. The molecule has 3 unspecified atom stereocenters. The first kappa shape index (κ1) is 84.9. The van der Waals surface area contributed by atoms with Crippen molar-refractivity contribution in [1.29, 1.82) is 0 Å². The monoisotopic (exact) mass is 1720 g/mol. The summed E-state index contributed by atoms with van der Waals surface area (Å²) >= 11 is 0. The third-order valence-electron chi connectivity index (χ3n) is 24.8. The van der Waals surface area contributed by atoms with Crippen LogP contribution < -0.4 is 87.2 Å². The van der Waals surface area contributed by atoms with E-state index in [4.69, 9.17) is 37.9 Å². The average Bonchev–Trinajstić information content (AvgIpc) is 1.58. The van der Waals surface area contributed by atoms with Gasteiger partial charge in [-0.2, -0.15) is 0 Å². The number of rotatable bonds is 28. The summed E-state index contributed by atoms with van der Waals surface area (Å²) in [4.78, 5) is 11.6. The van der Waals surface area contributed by atoms with Gasteiger partial charge < -0.3 is 76.1 Å². The van der Waals surface area contributed by atoms with Crippen LogP contribution in [0.4, 0.5) is 68.2 Å². The molecule has 20 heteroatoms. The molecule has 0 spiro atoms. The van der Waals surface area contributed by atoms with Crippen LogP contribution in [0.5, 0.6) is 40.2 Å². The van der Waals surface area contributed by atoms with E-state index in [0.717, 1.165) is 203 Å². The maximum absolute atomic E-state index is 12.8. The van der Waals surface area contributed by atoms with E-state index in [1.54, 1.807) is 56.9 Å². The molecule has 3 aliphatic rings. The Morgan fingerprint density at radius 3 is 1.10 bits per heavy atom. The molecule has 634 valence electrons. The topological polar surface area (TPSA) is 157 Å². The number of fused-ring (bicyclic) bond motifs is 9. The van der Waals surface area contributed by atoms with E-state index in [-0.39, 0.29) is 54.7 Å². The largest absolute Gasteiger partial charge is 1.00 e. The van der Waals surface area contributed by atoms with Crippen LogP contribution in [-0.4, -0.2) is 96.4 Å². The Kier molecular flexibility index (Phi) is 24.0. The van der Waals surface area contributed by atoms with Crippen molar-refractivity contribution in [3.8, 4) is 68.2 Å². The minimum atomic E-state index is -4.60. The molecule has 0 fully saturated rings. The van der Waals surface area contributed by atoms with Gasteiger partial charge in [-0.05, 0) is 327 Å². The molecule has 2 aromatic heterocycles. The summed E-state index contributed by atoms with van der Waals surface area (Å²) in [5, 5.41) is 2.97. The second-order valence-electron chi connectivity index (χ2n) is 31.8. The molecule has 0 N–H and O–H groups in total. The molecule has 18 nitrogen and oxygen atoms in total. The summed E-state index contributed by atoms with van der Waals surface area (Å²) in [7, 11) is 8.91. The number of hydrogen-bond acceptors (Lipinski definition) is 16. The minimum absolute atomic E-state index is 0. The van der Waals surface area contributed by atoms with Gasteiger partial charge in [0.25, 0.3) is 0 Å². The summed E-state index contributed by atoms with van der Waals surface area (Å²) in [5.74, 6) is 5.32. The Balaban J connectivity index is 0.0000111. The SMILES string of the molecule is COc1ccc(N(C2=CCC3C(=C2)c2cc(N(c4ccc(OC)cc4)c4ccc(OC)cc4)ccc2N3c2ccc(-c3ccc4c5ccc(-c6ccc(-n7c8ccc(N(C9=CCC(OC)C=C9)c9ccc(OC)cc9)cc8c8cc(N(c9ccc(OC)cc9)c9ccc(OC)cc9)ccc87)cc6)cc5n(CCC(C)S(=O)(=O)[O-])c4c3)cc2)c2ccc(OC)cc2)cc1.[Na+]. The number of benzene rings is 14. The van der Waals surface area contributed by atoms with Gasteiger partial charge in [-0.15, -0.1) is 0 Å². The van der Waals surface area contributed by atoms with Crippen LogP contribution in [0, 0.1) is 0 Å². The molecule has 3 heterocycles. The Labute approximate surface area is 767 Å². The maximum atomic E-state index is 12.8. The molecular weight excluding hydrogens is 1630 g/mol. The van der Waals surface area contributed by atoms with E-state index >= 15 is 0 Å². The van der Waals surface area contributed by atoms with Crippen molar-refractivity contribution in [3.05, 3.63) is 357 Å². The van der Waals surface area contributed by atoms with E-state index in [9.17, 15) is 13.0 Å². The number of nitrogens with zero attached hydrogens (tertiary/aromatic N) is 7.